The quantitative estimate of drug-likeness (QED) is 0.483. The molecular weight excluding hydrogens is 281 g/mol. The van der Waals surface area contributed by atoms with Crippen molar-refractivity contribution in [3.05, 3.63) is 27.3 Å². The highest BCUT2D eigenvalue weighted by Crippen LogP contribution is 2.40. The van der Waals surface area contributed by atoms with Gasteiger partial charge in [-0.25, -0.2) is 8.42 Å². The molecule has 0 aliphatic carbocycles. The molecule has 1 rings (SSSR count). The zero-order valence-electron chi connectivity index (χ0n) is 7.81. The third kappa shape index (κ3) is 2.37. The molecule has 0 saturated heterocycles. The summed E-state index contributed by atoms with van der Waals surface area (Å²) in [7, 11) is 2.05. The first kappa shape index (κ1) is 13.0. The minimum absolute atomic E-state index is 0.231. The van der Waals surface area contributed by atoms with Gasteiger partial charge in [-0.3, -0.25) is 10.1 Å². The molecule has 0 heterocycles. The third-order valence-electron chi connectivity index (χ3n) is 1.70. The Kier molecular flexibility index (Phi) is 3.61. The fourth-order valence-electron chi connectivity index (χ4n) is 1.09. The van der Waals surface area contributed by atoms with E-state index in [-0.39, 0.29) is 5.02 Å². The van der Waals surface area contributed by atoms with Crippen molar-refractivity contribution >= 4 is 37.0 Å². The van der Waals surface area contributed by atoms with Crippen LogP contribution < -0.4 is 4.74 Å². The van der Waals surface area contributed by atoms with Gasteiger partial charge in [-0.05, 0) is 12.1 Å². The summed E-state index contributed by atoms with van der Waals surface area (Å²) in [6.07, 6.45) is 0. The molecule has 1 aromatic rings. The topological polar surface area (TPSA) is 86.5 Å². The highest BCUT2D eigenvalue weighted by Gasteiger charge is 2.28. The van der Waals surface area contributed by atoms with Gasteiger partial charge in [-0.1, -0.05) is 11.6 Å². The molecule has 0 amide bonds. The molecule has 0 saturated carbocycles. The van der Waals surface area contributed by atoms with E-state index in [0.717, 1.165) is 19.2 Å². The van der Waals surface area contributed by atoms with Crippen molar-refractivity contribution in [1.29, 1.82) is 0 Å². The van der Waals surface area contributed by atoms with E-state index in [1.165, 1.54) is 0 Å². The molecule has 0 spiro atoms. The van der Waals surface area contributed by atoms with Gasteiger partial charge in [0, 0.05) is 10.7 Å². The molecule has 16 heavy (non-hydrogen) atoms. The molecule has 88 valence electrons. The van der Waals surface area contributed by atoms with E-state index < -0.39 is 30.3 Å². The minimum atomic E-state index is -4.13. The second-order valence-corrected chi connectivity index (χ2v) is 5.56. The van der Waals surface area contributed by atoms with Crippen LogP contribution in [0.2, 0.25) is 5.02 Å². The SMILES string of the molecule is COc1c(S(=O)(=O)Cl)ccc(Cl)c1[N+](=O)[O-]. The maximum atomic E-state index is 11.1. The number of hydrogen-bond acceptors (Lipinski definition) is 5. The zero-order valence-corrected chi connectivity index (χ0v) is 10.1. The van der Waals surface area contributed by atoms with Gasteiger partial charge in [-0.2, -0.15) is 0 Å². The molecule has 0 N–H and O–H groups in total. The second-order valence-electron chi connectivity index (χ2n) is 2.62. The highest BCUT2D eigenvalue weighted by atomic mass is 35.7. The average molecular weight is 286 g/mol. The van der Waals surface area contributed by atoms with E-state index in [0.29, 0.717) is 0 Å². The van der Waals surface area contributed by atoms with Gasteiger partial charge in [0.15, 0.2) is 0 Å². The average Bonchev–Trinajstić information content (AvgIpc) is 2.14. The number of ether oxygens (including phenoxy) is 1. The molecule has 1 aromatic carbocycles. The smallest absolute Gasteiger partial charge is 0.330 e. The molecule has 0 atom stereocenters. The van der Waals surface area contributed by atoms with Crippen molar-refractivity contribution in [2.45, 2.75) is 4.90 Å². The molecule has 0 fully saturated rings. The van der Waals surface area contributed by atoms with Gasteiger partial charge < -0.3 is 4.74 Å². The van der Waals surface area contributed by atoms with Crippen molar-refractivity contribution in [1.82, 2.24) is 0 Å². The zero-order chi connectivity index (χ0) is 12.5. The maximum absolute atomic E-state index is 11.1. The van der Waals surface area contributed by atoms with Gasteiger partial charge in [0.25, 0.3) is 9.05 Å². The number of nitrogens with zero attached hydrogens (tertiary/aromatic N) is 1. The monoisotopic (exact) mass is 285 g/mol. The summed E-state index contributed by atoms with van der Waals surface area (Å²) in [5, 5.41) is 10.5. The standard InChI is InChI=1S/C7H5Cl2NO5S/c1-15-7-5(16(9,13)14)3-2-4(8)6(7)10(11)12/h2-3H,1H3. The number of methoxy groups -OCH3 is 1. The third-order valence-corrected chi connectivity index (χ3v) is 3.35. The van der Waals surface area contributed by atoms with Gasteiger partial charge in [0.2, 0.25) is 5.75 Å². The molecule has 0 aliphatic rings. The molecule has 9 heteroatoms. The first-order valence-corrected chi connectivity index (χ1v) is 6.43. The Balaban J connectivity index is 3.69. The molecule has 6 nitrogen and oxygen atoms in total. The molecule has 0 bridgehead atoms. The van der Waals surface area contributed by atoms with Gasteiger partial charge in [0.05, 0.1) is 12.0 Å². The normalized spacial score (nSPS) is 11.2. The first-order valence-electron chi connectivity index (χ1n) is 3.74. The Hall–Kier alpha value is -1.05. The largest absolute Gasteiger partial charge is 0.489 e. The van der Waals surface area contributed by atoms with Gasteiger partial charge in [-0.15, -0.1) is 0 Å². The van der Waals surface area contributed by atoms with Crippen LogP contribution in [0, 0.1) is 10.1 Å². The van der Waals surface area contributed by atoms with Crippen LogP contribution in [0.5, 0.6) is 5.75 Å². The van der Waals surface area contributed by atoms with E-state index in [1.54, 1.807) is 0 Å². The Morgan fingerprint density at radius 2 is 2.00 bits per heavy atom. The van der Waals surface area contributed by atoms with Crippen molar-refractivity contribution in [3.63, 3.8) is 0 Å². The molecule has 0 radical (unpaired) electrons. The second kappa shape index (κ2) is 4.44. The number of nitro groups is 1. The molecule has 0 aliphatic heterocycles. The number of nitro benzene ring substituents is 1. The Morgan fingerprint density at radius 1 is 1.44 bits per heavy atom. The van der Waals surface area contributed by atoms with Crippen LogP contribution in [0.25, 0.3) is 0 Å². The molecule has 0 unspecified atom stereocenters. The van der Waals surface area contributed by atoms with E-state index in [9.17, 15) is 18.5 Å². The summed E-state index contributed by atoms with van der Waals surface area (Å²) in [6.45, 7) is 0. The summed E-state index contributed by atoms with van der Waals surface area (Å²) in [5.74, 6) is -0.479. The van der Waals surface area contributed by atoms with Crippen molar-refractivity contribution in [3.8, 4) is 5.75 Å². The number of halogens is 2. The predicted molar refractivity (Wildman–Crippen MR) is 57.7 cm³/mol. The fourth-order valence-corrected chi connectivity index (χ4v) is 2.30. The lowest BCUT2D eigenvalue weighted by molar-refractivity contribution is -0.385. The Bertz CT molecular complexity index is 542. The summed E-state index contributed by atoms with van der Waals surface area (Å²) >= 11 is 5.57. The highest BCUT2D eigenvalue weighted by molar-refractivity contribution is 8.13. The summed E-state index contributed by atoms with van der Waals surface area (Å²) in [6, 6.07) is 2.11. The minimum Gasteiger partial charge on any atom is -0.489 e. The van der Waals surface area contributed by atoms with Crippen LogP contribution in [0.1, 0.15) is 0 Å². The van der Waals surface area contributed by atoms with Gasteiger partial charge in [0.1, 0.15) is 9.92 Å². The lowest BCUT2D eigenvalue weighted by atomic mass is 10.3. The Morgan fingerprint density at radius 3 is 2.38 bits per heavy atom. The van der Waals surface area contributed by atoms with E-state index >= 15 is 0 Å². The van der Waals surface area contributed by atoms with E-state index in [2.05, 4.69) is 4.74 Å². The van der Waals surface area contributed by atoms with Crippen LogP contribution in [0.3, 0.4) is 0 Å². The maximum Gasteiger partial charge on any atom is 0.330 e. The molecule has 0 aromatic heterocycles. The fraction of sp³-hybridized carbons (Fsp3) is 0.143. The Labute approximate surface area is 100 Å². The summed E-state index contributed by atoms with van der Waals surface area (Å²) in [5.41, 5.74) is -0.633. The lowest BCUT2D eigenvalue weighted by Gasteiger charge is -2.06. The van der Waals surface area contributed by atoms with Crippen LogP contribution >= 0.6 is 22.3 Å². The van der Waals surface area contributed by atoms with E-state index in [4.69, 9.17) is 22.3 Å². The van der Waals surface area contributed by atoms with Crippen LogP contribution in [-0.4, -0.2) is 20.5 Å². The number of benzene rings is 1. The van der Waals surface area contributed by atoms with E-state index in [1.807, 2.05) is 0 Å². The number of hydrogen-bond donors (Lipinski definition) is 0. The summed E-state index contributed by atoms with van der Waals surface area (Å²) in [4.78, 5) is 9.35. The molecular formula is C7H5Cl2NO5S. The van der Waals surface area contributed by atoms with Crippen LogP contribution in [-0.2, 0) is 9.05 Å². The van der Waals surface area contributed by atoms with Crippen LogP contribution in [0.15, 0.2) is 17.0 Å². The number of rotatable bonds is 3. The predicted octanol–water partition coefficient (Wildman–Crippen LogP) is 2.18. The van der Waals surface area contributed by atoms with Crippen molar-refractivity contribution in [2.75, 3.05) is 7.11 Å². The van der Waals surface area contributed by atoms with Crippen LogP contribution in [0.4, 0.5) is 5.69 Å². The van der Waals surface area contributed by atoms with Crippen molar-refractivity contribution < 1.29 is 18.1 Å². The van der Waals surface area contributed by atoms with Gasteiger partial charge >= 0.3 is 5.69 Å². The lowest BCUT2D eigenvalue weighted by Crippen LogP contribution is -2.01. The van der Waals surface area contributed by atoms with Crippen molar-refractivity contribution in [2.24, 2.45) is 0 Å². The summed E-state index contributed by atoms with van der Waals surface area (Å²) < 4.78 is 26.9. The first-order chi connectivity index (χ1) is 7.29.